The predicted molar refractivity (Wildman–Crippen MR) is 48.4 cm³/mol. The highest BCUT2D eigenvalue weighted by atomic mass is 16.5. The van der Waals surface area contributed by atoms with Gasteiger partial charge in [0.1, 0.15) is 0 Å². The van der Waals surface area contributed by atoms with Gasteiger partial charge < -0.3 is 14.9 Å². The van der Waals surface area contributed by atoms with Crippen molar-refractivity contribution < 1.29 is 9.63 Å². The van der Waals surface area contributed by atoms with Crippen molar-refractivity contribution in [2.24, 2.45) is 0 Å². The third-order valence-corrected chi connectivity index (χ3v) is 1.91. The standard InChI is InChI=1S/C8H15N3O2/c1-4-8(3,12)5-9-7-10-6(2)11-13-7/h12H,4-5H2,1-3H3,(H,9,10,11). The van der Waals surface area contributed by atoms with Gasteiger partial charge in [0.15, 0.2) is 5.82 Å². The van der Waals surface area contributed by atoms with Crippen molar-refractivity contribution >= 4 is 6.01 Å². The summed E-state index contributed by atoms with van der Waals surface area (Å²) in [7, 11) is 0. The number of nitrogens with one attached hydrogen (secondary N) is 1. The molecule has 1 aromatic heterocycles. The van der Waals surface area contributed by atoms with Gasteiger partial charge in [-0.05, 0) is 20.3 Å². The topological polar surface area (TPSA) is 71.2 Å². The Morgan fingerprint density at radius 2 is 2.31 bits per heavy atom. The summed E-state index contributed by atoms with van der Waals surface area (Å²) >= 11 is 0. The van der Waals surface area contributed by atoms with E-state index in [0.29, 0.717) is 24.8 Å². The molecule has 0 aliphatic carbocycles. The highest BCUT2D eigenvalue weighted by molar-refractivity contribution is 5.18. The number of aromatic nitrogens is 2. The second-order valence-corrected chi connectivity index (χ2v) is 3.35. The second-order valence-electron chi connectivity index (χ2n) is 3.35. The van der Waals surface area contributed by atoms with Gasteiger partial charge >= 0.3 is 6.01 Å². The molecule has 0 aliphatic rings. The summed E-state index contributed by atoms with van der Waals surface area (Å²) in [5.74, 6) is 0.582. The van der Waals surface area contributed by atoms with E-state index in [2.05, 4.69) is 15.5 Å². The van der Waals surface area contributed by atoms with E-state index in [-0.39, 0.29) is 0 Å². The molecular formula is C8H15N3O2. The van der Waals surface area contributed by atoms with Gasteiger partial charge in [-0.1, -0.05) is 12.1 Å². The summed E-state index contributed by atoms with van der Waals surface area (Å²) in [5, 5.41) is 16.1. The largest absolute Gasteiger partial charge is 0.388 e. The Morgan fingerprint density at radius 1 is 1.62 bits per heavy atom. The lowest BCUT2D eigenvalue weighted by atomic mass is 10.0. The van der Waals surface area contributed by atoms with Gasteiger partial charge in [0, 0.05) is 6.54 Å². The van der Waals surface area contributed by atoms with Crippen LogP contribution in [0.1, 0.15) is 26.1 Å². The van der Waals surface area contributed by atoms with E-state index in [1.165, 1.54) is 0 Å². The fourth-order valence-electron chi connectivity index (χ4n) is 0.760. The molecule has 0 bridgehead atoms. The summed E-state index contributed by atoms with van der Waals surface area (Å²) in [6.45, 7) is 5.82. The number of aliphatic hydroxyl groups is 1. The van der Waals surface area contributed by atoms with Crippen molar-refractivity contribution in [1.29, 1.82) is 0 Å². The summed E-state index contributed by atoms with van der Waals surface area (Å²) < 4.78 is 4.82. The third-order valence-electron chi connectivity index (χ3n) is 1.91. The molecule has 0 aromatic carbocycles. The monoisotopic (exact) mass is 185 g/mol. The van der Waals surface area contributed by atoms with Crippen molar-refractivity contribution in [3.63, 3.8) is 0 Å². The molecular weight excluding hydrogens is 170 g/mol. The van der Waals surface area contributed by atoms with Crippen molar-refractivity contribution in [3.8, 4) is 0 Å². The molecule has 5 nitrogen and oxygen atoms in total. The van der Waals surface area contributed by atoms with Crippen LogP contribution < -0.4 is 5.32 Å². The molecule has 0 radical (unpaired) electrons. The molecule has 13 heavy (non-hydrogen) atoms. The second kappa shape index (κ2) is 3.74. The molecule has 1 atom stereocenters. The Bertz CT molecular complexity index is 270. The number of anilines is 1. The van der Waals surface area contributed by atoms with Crippen LogP contribution in [0.15, 0.2) is 4.52 Å². The Morgan fingerprint density at radius 3 is 2.77 bits per heavy atom. The fraction of sp³-hybridized carbons (Fsp3) is 0.750. The van der Waals surface area contributed by atoms with Crippen LogP contribution in [0, 0.1) is 6.92 Å². The Kier molecular flexibility index (Phi) is 2.87. The van der Waals surface area contributed by atoms with E-state index in [0.717, 1.165) is 0 Å². The first-order valence-corrected chi connectivity index (χ1v) is 4.30. The molecule has 0 spiro atoms. The zero-order chi connectivity index (χ0) is 9.90. The number of nitrogens with zero attached hydrogens (tertiary/aromatic N) is 2. The molecule has 74 valence electrons. The van der Waals surface area contributed by atoms with Crippen molar-refractivity contribution in [1.82, 2.24) is 10.1 Å². The lowest BCUT2D eigenvalue weighted by Gasteiger charge is -2.20. The molecule has 1 rings (SSSR count). The highest BCUT2D eigenvalue weighted by Crippen LogP contribution is 2.10. The first-order valence-electron chi connectivity index (χ1n) is 4.30. The van der Waals surface area contributed by atoms with Crippen LogP contribution >= 0.6 is 0 Å². The van der Waals surface area contributed by atoms with Crippen LogP contribution in [0.25, 0.3) is 0 Å². The molecule has 1 heterocycles. The molecule has 1 aromatic rings. The van der Waals surface area contributed by atoms with E-state index in [4.69, 9.17) is 4.52 Å². The van der Waals surface area contributed by atoms with Gasteiger partial charge in [0.25, 0.3) is 0 Å². The zero-order valence-electron chi connectivity index (χ0n) is 8.16. The number of hydrogen-bond donors (Lipinski definition) is 2. The predicted octanol–water partition coefficient (Wildman–Crippen LogP) is 0.951. The fourth-order valence-corrected chi connectivity index (χ4v) is 0.760. The van der Waals surface area contributed by atoms with Crippen LogP contribution in [0.2, 0.25) is 0 Å². The summed E-state index contributed by atoms with van der Waals surface area (Å²) in [6.07, 6.45) is 0.674. The summed E-state index contributed by atoms with van der Waals surface area (Å²) in [5.41, 5.74) is -0.734. The molecule has 0 saturated heterocycles. The van der Waals surface area contributed by atoms with Gasteiger partial charge in [0.2, 0.25) is 0 Å². The third kappa shape index (κ3) is 3.02. The van der Waals surface area contributed by atoms with Crippen molar-refractivity contribution in [2.75, 3.05) is 11.9 Å². The van der Waals surface area contributed by atoms with Crippen LogP contribution in [0.3, 0.4) is 0 Å². The molecule has 0 amide bonds. The molecule has 0 aliphatic heterocycles. The van der Waals surface area contributed by atoms with E-state index in [9.17, 15) is 5.11 Å². The zero-order valence-corrected chi connectivity index (χ0v) is 8.16. The molecule has 1 unspecified atom stereocenters. The minimum Gasteiger partial charge on any atom is -0.388 e. The first kappa shape index (κ1) is 9.98. The maximum absolute atomic E-state index is 9.64. The molecule has 0 saturated carbocycles. The van der Waals surface area contributed by atoms with Crippen LogP contribution in [0.5, 0.6) is 0 Å². The minimum atomic E-state index is -0.734. The molecule has 2 N–H and O–H groups in total. The van der Waals surface area contributed by atoms with E-state index in [1.807, 2.05) is 6.92 Å². The lowest BCUT2D eigenvalue weighted by Crippen LogP contribution is -2.32. The number of aryl methyl sites for hydroxylation is 1. The van der Waals surface area contributed by atoms with Crippen LogP contribution in [0.4, 0.5) is 6.01 Å². The van der Waals surface area contributed by atoms with Crippen LogP contribution in [-0.4, -0.2) is 27.4 Å². The van der Waals surface area contributed by atoms with Crippen LogP contribution in [-0.2, 0) is 0 Å². The lowest BCUT2D eigenvalue weighted by molar-refractivity contribution is 0.0690. The summed E-state index contributed by atoms with van der Waals surface area (Å²) in [6, 6.07) is 0.353. The maximum atomic E-state index is 9.64. The van der Waals surface area contributed by atoms with Crippen molar-refractivity contribution in [2.45, 2.75) is 32.8 Å². The first-order chi connectivity index (χ1) is 6.03. The van der Waals surface area contributed by atoms with Gasteiger partial charge in [-0.2, -0.15) is 4.98 Å². The average Bonchev–Trinajstić information content (AvgIpc) is 2.48. The molecule has 5 heteroatoms. The minimum absolute atomic E-state index is 0.353. The Hall–Kier alpha value is -1.10. The normalized spacial score (nSPS) is 15.4. The van der Waals surface area contributed by atoms with Gasteiger partial charge in [-0.15, -0.1) is 0 Å². The van der Waals surface area contributed by atoms with Crippen molar-refractivity contribution in [3.05, 3.63) is 5.82 Å². The van der Waals surface area contributed by atoms with Gasteiger partial charge in [0.05, 0.1) is 5.60 Å². The maximum Gasteiger partial charge on any atom is 0.321 e. The molecule has 0 fully saturated rings. The van der Waals surface area contributed by atoms with Gasteiger partial charge in [-0.3, -0.25) is 0 Å². The SMILES string of the molecule is CCC(C)(O)CNc1nc(C)no1. The van der Waals surface area contributed by atoms with E-state index >= 15 is 0 Å². The number of rotatable bonds is 4. The summed E-state index contributed by atoms with van der Waals surface area (Å²) in [4.78, 5) is 3.95. The Labute approximate surface area is 77.2 Å². The van der Waals surface area contributed by atoms with Gasteiger partial charge in [-0.25, -0.2) is 0 Å². The number of hydrogen-bond acceptors (Lipinski definition) is 5. The Balaban J connectivity index is 2.43. The van der Waals surface area contributed by atoms with E-state index < -0.39 is 5.60 Å². The average molecular weight is 185 g/mol. The van der Waals surface area contributed by atoms with E-state index in [1.54, 1.807) is 13.8 Å². The highest BCUT2D eigenvalue weighted by Gasteiger charge is 2.17. The smallest absolute Gasteiger partial charge is 0.321 e. The quantitative estimate of drug-likeness (QED) is 0.730.